The topological polar surface area (TPSA) is 83.6 Å². The average molecular weight is 340 g/mol. The molecule has 1 aromatic carbocycles. The highest BCUT2D eigenvalue weighted by molar-refractivity contribution is 5.92. The van der Waals surface area contributed by atoms with E-state index in [0.29, 0.717) is 18.9 Å². The number of terminal acetylenes is 1. The third-order valence-electron chi connectivity index (χ3n) is 3.43. The monoisotopic (exact) mass is 340 g/mol. The van der Waals surface area contributed by atoms with Crippen LogP contribution in [0.2, 0.25) is 0 Å². The van der Waals surface area contributed by atoms with Gasteiger partial charge in [-0.1, -0.05) is 24.1 Å². The number of hydrogen-bond acceptors (Lipinski definition) is 4. The molecule has 7 nitrogen and oxygen atoms in total. The van der Waals surface area contributed by atoms with Gasteiger partial charge in [-0.05, 0) is 23.9 Å². The summed E-state index contributed by atoms with van der Waals surface area (Å²) >= 11 is 0. The average Bonchev–Trinajstić information content (AvgIpc) is 2.59. The standard InChI is InChI=1S/C18H20N4O3/c1-4-9-25-18(24)22(3)12-14-8-6-7-13-10-16(20-11-15(13)14)21-17(23)19-5-2/h1,6-8,10-11H,5,9,12H2,2-3H3,(H2,19,20,21,23). The molecule has 1 heterocycles. The molecule has 0 aliphatic rings. The number of carbonyl (C=O) groups excluding carboxylic acids is 2. The van der Waals surface area contributed by atoms with Gasteiger partial charge in [0.05, 0.1) is 0 Å². The molecule has 2 aromatic rings. The van der Waals surface area contributed by atoms with E-state index in [2.05, 4.69) is 21.5 Å². The molecular weight excluding hydrogens is 320 g/mol. The second-order valence-electron chi connectivity index (χ2n) is 5.31. The zero-order valence-corrected chi connectivity index (χ0v) is 14.2. The van der Waals surface area contributed by atoms with Gasteiger partial charge in [0, 0.05) is 31.7 Å². The van der Waals surface area contributed by atoms with Crippen molar-refractivity contribution in [2.24, 2.45) is 0 Å². The number of ether oxygens (including phenoxy) is 1. The molecule has 0 unspecified atom stereocenters. The second-order valence-corrected chi connectivity index (χ2v) is 5.31. The number of amides is 3. The number of nitrogens with one attached hydrogen (secondary N) is 2. The van der Waals surface area contributed by atoms with Crippen LogP contribution in [0, 0.1) is 12.3 Å². The number of nitrogens with zero attached hydrogens (tertiary/aromatic N) is 2. The van der Waals surface area contributed by atoms with Crippen molar-refractivity contribution in [3.05, 3.63) is 36.0 Å². The first-order valence-electron chi connectivity index (χ1n) is 7.79. The molecule has 0 spiro atoms. The van der Waals surface area contributed by atoms with Gasteiger partial charge in [-0.3, -0.25) is 5.32 Å². The van der Waals surface area contributed by atoms with Crippen LogP contribution >= 0.6 is 0 Å². The first-order chi connectivity index (χ1) is 12.0. The van der Waals surface area contributed by atoms with Crippen molar-refractivity contribution in [3.8, 4) is 12.3 Å². The molecule has 0 fully saturated rings. The van der Waals surface area contributed by atoms with Crippen molar-refractivity contribution < 1.29 is 14.3 Å². The SMILES string of the molecule is C#CCOC(=O)N(C)Cc1cccc2cc(NC(=O)NCC)ncc12. The summed E-state index contributed by atoms with van der Waals surface area (Å²) in [5, 5.41) is 7.12. The van der Waals surface area contributed by atoms with E-state index in [1.165, 1.54) is 4.90 Å². The minimum Gasteiger partial charge on any atom is -0.436 e. The molecule has 2 rings (SSSR count). The number of hydrogen-bond donors (Lipinski definition) is 2. The van der Waals surface area contributed by atoms with Gasteiger partial charge in [-0.25, -0.2) is 14.6 Å². The number of rotatable bonds is 5. The van der Waals surface area contributed by atoms with Crippen molar-refractivity contribution in [1.82, 2.24) is 15.2 Å². The fourth-order valence-electron chi connectivity index (χ4n) is 2.30. The number of anilines is 1. The summed E-state index contributed by atoms with van der Waals surface area (Å²) in [5.74, 6) is 2.71. The normalized spacial score (nSPS) is 9.96. The summed E-state index contributed by atoms with van der Waals surface area (Å²) in [4.78, 5) is 29.1. The Kier molecular flexibility index (Phi) is 6.18. The molecule has 130 valence electrons. The quantitative estimate of drug-likeness (QED) is 0.820. The minimum atomic E-state index is -0.488. The van der Waals surface area contributed by atoms with Crippen LogP contribution < -0.4 is 10.6 Å². The molecule has 0 radical (unpaired) electrons. The third kappa shape index (κ3) is 4.85. The predicted molar refractivity (Wildman–Crippen MR) is 96.1 cm³/mol. The van der Waals surface area contributed by atoms with Crippen LogP contribution in [0.3, 0.4) is 0 Å². The maximum Gasteiger partial charge on any atom is 0.410 e. The first kappa shape index (κ1) is 18.1. The molecular formula is C18H20N4O3. The lowest BCUT2D eigenvalue weighted by Gasteiger charge is -2.17. The van der Waals surface area contributed by atoms with Crippen molar-refractivity contribution in [2.45, 2.75) is 13.5 Å². The molecule has 0 saturated heterocycles. The number of pyridine rings is 1. The lowest BCUT2D eigenvalue weighted by molar-refractivity contribution is 0.121. The summed E-state index contributed by atoms with van der Waals surface area (Å²) in [6.45, 7) is 2.66. The predicted octanol–water partition coefficient (Wildman–Crippen LogP) is 2.58. The minimum absolute atomic E-state index is 0.0604. The molecule has 7 heteroatoms. The Morgan fingerprint density at radius 2 is 2.20 bits per heavy atom. The summed E-state index contributed by atoms with van der Waals surface area (Å²) in [6.07, 6.45) is 6.27. The van der Waals surface area contributed by atoms with E-state index in [9.17, 15) is 9.59 Å². The number of fused-ring (bicyclic) bond motifs is 1. The Morgan fingerprint density at radius 1 is 1.40 bits per heavy atom. The lowest BCUT2D eigenvalue weighted by Crippen LogP contribution is -2.28. The second kappa shape index (κ2) is 8.55. The maximum atomic E-state index is 11.8. The molecule has 0 atom stereocenters. The number of urea groups is 1. The molecule has 0 bridgehead atoms. The van der Waals surface area contributed by atoms with Crippen LogP contribution in [0.5, 0.6) is 0 Å². The van der Waals surface area contributed by atoms with Crippen LogP contribution in [0.4, 0.5) is 15.4 Å². The number of benzene rings is 1. The van der Waals surface area contributed by atoms with E-state index in [4.69, 9.17) is 11.2 Å². The van der Waals surface area contributed by atoms with E-state index in [0.717, 1.165) is 16.3 Å². The molecule has 3 amide bonds. The molecule has 0 aliphatic carbocycles. The fraction of sp³-hybridized carbons (Fsp3) is 0.278. The highest BCUT2D eigenvalue weighted by atomic mass is 16.6. The van der Waals surface area contributed by atoms with E-state index < -0.39 is 6.09 Å². The Morgan fingerprint density at radius 3 is 2.92 bits per heavy atom. The lowest BCUT2D eigenvalue weighted by atomic mass is 10.1. The van der Waals surface area contributed by atoms with Gasteiger partial charge < -0.3 is 15.0 Å². The Hall–Kier alpha value is -3.27. The smallest absolute Gasteiger partial charge is 0.410 e. The number of aromatic nitrogens is 1. The molecule has 0 saturated carbocycles. The van der Waals surface area contributed by atoms with Gasteiger partial charge in [0.15, 0.2) is 6.61 Å². The van der Waals surface area contributed by atoms with E-state index in [1.54, 1.807) is 19.3 Å². The molecule has 25 heavy (non-hydrogen) atoms. The third-order valence-corrected chi connectivity index (χ3v) is 3.43. The van der Waals surface area contributed by atoms with Crippen molar-refractivity contribution in [3.63, 3.8) is 0 Å². The fourth-order valence-corrected chi connectivity index (χ4v) is 2.30. The zero-order chi connectivity index (χ0) is 18.2. The zero-order valence-electron chi connectivity index (χ0n) is 14.2. The van der Waals surface area contributed by atoms with E-state index in [1.807, 2.05) is 25.1 Å². The summed E-state index contributed by atoms with van der Waals surface area (Å²) in [7, 11) is 1.64. The Balaban J connectivity index is 2.18. The van der Waals surface area contributed by atoms with Crippen LogP contribution in [0.1, 0.15) is 12.5 Å². The summed E-state index contributed by atoms with van der Waals surface area (Å²) in [5.41, 5.74) is 0.912. The van der Waals surface area contributed by atoms with Crippen LogP contribution in [-0.2, 0) is 11.3 Å². The van der Waals surface area contributed by atoms with Crippen LogP contribution in [0.25, 0.3) is 10.8 Å². The van der Waals surface area contributed by atoms with E-state index in [-0.39, 0.29) is 12.6 Å². The molecule has 1 aromatic heterocycles. The molecule has 0 aliphatic heterocycles. The van der Waals surface area contributed by atoms with Crippen LogP contribution in [-0.4, -0.2) is 42.2 Å². The van der Waals surface area contributed by atoms with Crippen molar-refractivity contribution in [1.29, 1.82) is 0 Å². The Bertz CT molecular complexity index is 814. The maximum absolute atomic E-state index is 11.8. The van der Waals surface area contributed by atoms with E-state index >= 15 is 0 Å². The summed E-state index contributed by atoms with van der Waals surface area (Å²) < 4.78 is 4.90. The largest absolute Gasteiger partial charge is 0.436 e. The highest BCUT2D eigenvalue weighted by Crippen LogP contribution is 2.22. The van der Waals surface area contributed by atoms with Gasteiger partial charge in [-0.2, -0.15) is 0 Å². The van der Waals surface area contributed by atoms with Crippen LogP contribution in [0.15, 0.2) is 30.5 Å². The van der Waals surface area contributed by atoms with Gasteiger partial charge >= 0.3 is 12.1 Å². The van der Waals surface area contributed by atoms with Crippen molar-refractivity contribution >= 4 is 28.7 Å². The van der Waals surface area contributed by atoms with Gasteiger partial charge in [0.2, 0.25) is 0 Å². The first-order valence-corrected chi connectivity index (χ1v) is 7.79. The van der Waals surface area contributed by atoms with Gasteiger partial charge in [0.1, 0.15) is 5.82 Å². The molecule has 2 N–H and O–H groups in total. The van der Waals surface area contributed by atoms with Gasteiger partial charge in [-0.15, -0.1) is 6.42 Å². The van der Waals surface area contributed by atoms with Crippen molar-refractivity contribution in [2.75, 3.05) is 25.5 Å². The van der Waals surface area contributed by atoms with Gasteiger partial charge in [0.25, 0.3) is 0 Å². The number of carbonyl (C=O) groups is 2. The summed E-state index contributed by atoms with van der Waals surface area (Å²) in [6, 6.07) is 7.19. The highest BCUT2D eigenvalue weighted by Gasteiger charge is 2.12. The Labute approximate surface area is 146 Å².